The van der Waals surface area contributed by atoms with Crippen molar-refractivity contribution in [2.24, 2.45) is 11.5 Å². The molecule has 2 bridgehead atoms. The largest absolute Gasteiger partial charge is 0.496 e. The lowest BCUT2D eigenvalue weighted by Crippen LogP contribution is -2.59. The van der Waals surface area contributed by atoms with E-state index < -0.39 is 65.6 Å². The molecular weight excluding hydrogens is 811 g/mol. The van der Waals surface area contributed by atoms with E-state index in [0.717, 1.165) is 29.5 Å². The van der Waals surface area contributed by atoms with Crippen LogP contribution in [-0.2, 0) is 41.5 Å². The Morgan fingerprint density at radius 3 is 2.25 bits per heavy atom. The number of aryl methyl sites for hydroxylation is 2. The van der Waals surface area contributed by atoms with E-state index in [2.05, 4.69) is 21.3 Å². The number of aliphatic carboxylic acids is 1. The molecule has 63 heavy (non-hydrogen) atoms. The lowest BCUT2D eigenvalue weighted by molar-refractivity contribution is -0.144. The first-order valence-corrected chi connectivity index (χ1v) is 21.3. The molecule has 1 aliphatic rings. The van der Waals surface area contributed by atoms with Gasteiger partial charge in [-0.2, -0.15) is 0 Å². The fraction of sp³-hybridized carbons (Fsp3) is 0.478. The topological polar surface area (TPSA) is 254 Å². The molecule has 17 nitrogen and oxygen atoms in total. The molecule has 17 heteroatoms. The second-order valence-corrected chi connectivity index (χ2v) is 16.5. The van der Waals surface area contributed by atoms with Crippen molar-refractivity contribution in [2.45, 2.75) is 102 Å². The molecule has 342 valence electrons. The zero-order chi connectivity index (χ0) is 46.1. The van der Waals surface area contributed by atoms with E-state index in [0.29, 0.717) is 55.5 Å². The lowest BCUT2D eigenvalue weighted by atomic mass is 9.97. The van der Waals surface area contributed by atoms with E-state index in [1.54, 1.807) is 51.1 Å². The Balaban J connectivity index is 1.63. The third-order valence-electron chi connectivity index (χ3n) is 10.4. The van der Waals surface area contributed by atoms with Crippen molar-refractivity contribution >= 4 is 35.7 Å². The van der Waals surface area contributed by atoms with Crippen molar-refractivity contribution in [1.29, 1.82) is 0 Å². The van der Waals surface area contributed by atoms with E-state index >= 15 is 0 Å². The van der Waals surface area contributed by atoms with Gasteiger partial charge in [0.2, 0.25) is 11.8 Å². The first-order valence-electron chi connectivity index (χ1n) is 21.3. The van der Waals surface area contributed by atoms with Crippen molar-refractivity contribution in [1.82, 2.24) is 26.2 Å². The van der Waals surface area contributed by atoms with Crippen molar-refractivity contribution in [3.05, 3.63) is 89.0 Å². The Morgan fingerprint density at radius 1 is 0.937 bits per heavy atom. The normalized spacial score (nSPS) is 17.9. The smallest absolute Gasteiger partial charge is 0.407 e. The number of fused-ring (bicyclic) bond motifs is 2. The fourth-order valence-electron chi connectivity index (χ4n) is 7.00. The molecular formula is C46H63N7O10. The average molecular weight is 874 g/mol. The maximum Gasteiger partial charge on any atom is 0.407 e. The Labute approximate surface area is 369 Å². The van der Waals surface area contributed by atoms with Gasteiger partial charge >= 0.3 is 12.1 Å². The van der Waals surface area contributed by atoms with Crippen molar-refractivity contribution in [2.75, 3.05) is 40.5 Å². The molecule has 0 fully saturated rings. The summed E-state index contributed by atoms with van der Waals surface area (Å²) in [4.78, 5) is 81.3. The minimum Gasteiger partial charge on any atom is -0.496 e. The number of rotatable bonds is 15. The fourth-order valence-corrected chi connectivity index (χ4v) is 7.00. The highest BCUT2D eigenvalue weighted by atomic mass is 16.6. The summed E-state index contributed by atoms with van der Waals surface area (Å²) in [6.45, 7) is 6.02. The number of methoxy groups -OCH3 is 1. The van der Waals surface area contributed by atoms with Gasteiger partial charge in [0.25, 0.3) is 11.8 Å². The molecule has 0 unspecified atom stereocenters. The summed E-state index contributed by atoms with van der Waals surface area (Å²) in [6.07, 6.45) is 2.08. The summed E-state index contributed by atoms with van der Waals surface area (Å²) >= 11 is 0. The number of alkyl carbamates (subject to hydrolysis) is 1. The van der Waals surface area contributed by atoms with Crippen LogP contribution in [-0.4, -0.2) is 110 Å². The summed E-state index contributed by atoms with van der Waals surface area (Å²) in [5.41, 5.74) is 15.5. The van der Waals surface area contributed by atoms with Crippen LogP contribution in [0.2, 0.25) is 0 Å². The Kier molecular flexibility index (Phi) is 18.9. The second kappa shape index (κ2) is 24.0. The van der Waals surface area contributed by atoms with Crippen LogP contribution in [0.1, 0.15) is 92.4 Å². The van der Waals surface area contributed by atoms with Gasteiger partial charge in [0, 0.05) is 25.8 Å². The van der Waals surface area contributed by atoms with Crippen LogP contribution in [0.25, 0.3) is 11.1 Å². The molecule has 5 amide bonds. The van der Waals surface area contributed by atoms with E-state index in [1.807, 2.05) is 36.4 Å². The highest BCUT2D eigenvalue weighted by molar-refractivity contribution is 5.99. The number of hydrogen-bond acceptors (Lipinski definition) is 11. The first-order chi connectivity index (χ1) is 30.0. The summed E-state index contributed by atoms with van der Waals surface area (Å²) in [5, 5.41) is 20.0. The monoisotopic (exact) mass is 873 g/mol. The van der Waals surface area contributed by atoms with Gasteiger partial charge in [-0.1, -0.05) is 42.5 Å². The number of nitrogens with one attached hydrogen (secondary N) is 4. The molecule has 1 aliphatic heterocycles. The predicted octanol–water partition coefficient (Wildman–Crippen LogP) is 3.57. The van der Waals surface area contributed by atoms with Gasteiger partial charge < -0.3 is 57.0 Å². The molecule has 3 aromatic carbocycles. The minimum atomic E-state index is -1.71. The van der Waals surface area contributed by atoms with Crippen molar-refractivity contribution in [3.8, 4) is 16.9 Å². The van der Waals surface area contributed by atoms with Crippen molar-refractivity contribution < 1.29 is 48.1 Å². The molecule has 0 aliphatic carbocycles. The average Bonchev–Trinajstić information content (AvgIpc) is 3.24. The summed E-state index contributed by atoms with van der Waals surface area (Å²) in [7, 11) is 2.93. The quantitative estimate of drug-likeness (QED) is 0.108. The third-order valence-corrected chi connectivity index (χ3v) is 10.4. The molecule has 4 rings (SSSR count). The minimum absolute atomic E-state index is 0.127. The molecule has 4 atom stereocenters. The number of carbonyl (C=O) groups excluding carboxylic acids is 5. The van der Waals surface area contributed by atoms with Gasteiger partial charge in [-0.25, -0.2) is 9.59 Å². The van der Waals surface area contributed by atoms with Crippen molar-refractivity contribution in [3.63, 3.8) is 0 Å². The van der Waals surface area contributed by atoms with Gasteiger partial charge in [0.15, 0.2) is 12.2 Å². The molecule has 3 aromatic rings. The van der Waals surface area contributed by atoms with Gasteiger partial charge in [-0.3, -0.25) is 19.2 Å². The van der Waals surface area contributed by atoms with Gasteiger partial charge in [-0.05, 0) is 131 Å². The maximum absolute atomic E-state index is 14.7. The zero-order valence-electron chi connectivity index (χ0n) is 36.9. The van der Waals surface area contributed by atoms with Crippen LogP contribution in [0, 0.1) is 0 Å². The number of benzene rings is 3. The van der Waals surface area contributed by atoms with Crippen LogP contribution >= 0.6 is 0 Å². The Bertz CT molecular complexity index is 2020. The number of ether oxygens (including phenoxy) is 3. The number of hydrogen-bond donors (Lipinski definition) is 7. The third kappa shape index (κ3) is 15.4. The summed E-state index contributed by atoms with van der Waals surface area (Å²) < 4.78 is 16.5. The molecule has 0 aromatic heterocycles. The molecule has 1 heterocycles. The highest BCUT2D eigenvalue weighted by Crippen LogP contribution is 2.29. The number of amides is 5. The zero-order valence-corrected chi connectivity index (χ0v) is 36.9. The van der Waals surface area contributed by atoms with Crippen LogP contribution in [0.4, 0.5) is 4.79 Å². The number of nitrogens with two attached hydrogens (primary N) is 2. The SMILES string of the molecule is COc1ccc2cc1CCCCOC[C@@H](C(=O)O)NC(=O)[C@H](N)NC(=O)[C@H]2N(C)C(=O)[C@H](CCCCNC(=O)OC(C)(C)C)NC(=O)c1ccc(-c2ccc(CCCN)cc2)cc1. The molecule has 9 N–H and O–H groups in total. The van der Waals surface area contributed by atoms with Crippen LogP contribution in [0.3, 0.4) is 0 Å². The number of likely N-dealkylation sites (N-methyl/N-ethyl adjacent to an activating group) is 1. The van der Waals surface area contributed by atoms with Gasteiger partial charge in [0.05, 0.1) is 13.7 Å². The molecule has 0 saturated carbocycles. The maximum atomic E-state index is 14.7. The molecule has 0 saturated heterocycles. The van der Waals surface area contributed by atoms with Gasteiger partial charge in [-0.15, -0.1) is 0 Å². The number of nitrogens with zero attached hydrogens (tertiary/aromatic N) is 1. The number of carboxylic acids is 1. The number of unbranched alkanes of at least 4 members (excludes halogenated alkanes) is 1. The molecule has 0 radical (unpaired) electrons. The van der Waals surface area contributed by atoms with Gasteiger partial charge in [0.1, 0.15) is 23.4 Å². The second-order valence-electron chi connectivity index (χ2n) is 16.5. The van der Waals surface area contributed by atoms with E-state index in [4.69, 9.17) is 25.7 Å². The summed E-state index contributed by atoms with van der Waals surface area (Å²) in [6, 6.07) is 16.2. The highest BCUT2D eigenvalue weighted by Gasteiger charge is 2.36. The number of carbonyl (C=O) groups is 6. The molecule has 0 spiro atoms. The van der Waals surface area contributed by atoms with Crippen LogP contribution < -0.4 is 37.5 Å². The first kappa shape index (κ1) is 49.6. The van der Waals surface area contributed by atoms with Crippen LogP contribution in [0.15, 0.2) is 66.7 Å². The summed E-state index contributed by atoms with van der Waals surface area (Å²) in [5.74, 6) is -3.77. The van der Waals surface area contributed by atoms with E-state index in [-0.39, 0.29) is 26.2 Å². The van der Waals surface area contributed by atoms with E-state index in [1.165, 1.54) is 24.6 Å². The van der Waals surface area contributed by atoms with Crippen LogP contribution in [0.5, 0.6) is 5.75 Å². The number of carboxylic acid groups (broad SMARTS) is 1. The standard InChI is InChI=1S/C46H63N7O10/c1-46(2,3)63-45(60)49-25-8-6-13-35(50-40(54)32-20-18-31(19-21-32)30-16-14-29(15-17-30)11-10-24-47)43(57)53(4)38-34-22-23-37(61-5)33(27-34)12-7-9-26-62-28-36(44(58)59)51-42(56)39(48)52-41(38)55/h14-23,27,35-36,38-39H,6-13,24-26,28,47-48H2,1-5H3,(H,49,60)(H,50,54)(H,51,56)(H,52,55)(H,58,59)/t35-,36-,38-,39+/m0/s1. The van der Waals surface area contributed by atoms with E-state index in [9.17, 15) is 33.9 Å². The Hall–Kier alpha value is -6.04. The Morgan fingerprint density at radius 2 is 1.62 bits per heavy atom. The predicted molar refractivity (Wildman–Crippen MR) is 237 cm³/mol. The lowest BCUT2D eigenvalue weighted by Gasteiger charge is -2.32.